The Morgan fingerprint density at radius 2 is 2.05 bits per heavy atom. The van der Waals surface area contributed by atoms with Gasteiger partial charge in [-0.2, -0.15) is 0 Å². The summed E-state index contributed by atoms with van der Waals surface area (Å²) < 4.78 is 13.6. The molecule has 1 saturated carbocycles. The Labute approximate surface area is 132 Å². The molecule has 2 rings (SSSR count). The van der Waals surface area contributed by atoms with Gasteiger partial charge in [0.1, 0.15) is 5.82 Å². The van der Waals surface area contributed by atoms with Gasteiger partial charge in [-0.05, 0) is 52.7 Å². The molecule has 0 bridgehead atoms. The number of rotatable bonds is 4. The van der Waals surface area contributed by atoms with Crippen molar-refractivity contribution in [3.63, 3.8) is 0 Å². The molecule has 0 saturated heterocycles. The summed E-state index contributed by atoms with van der Waals surface area (Å²) in [5.41, 5.74) is 0.336. The number of alkyl halides is 1. The first-order valence-corrected chi connectivity index (χ1v) is 8.24. The number of halogens is 3. The van der Waals surface area contributed by atoms with E-state index >= 15 is 0 Å². The van der Waals surface area contributed by atoms with Crippen molar-refractivity contribution in [1.29, 1.82) is 0 Å². The number of hydrogen-bond acceptors (Lipinski definition) is 1. The molecule has 1 aliphatic rings. The molecule has 5 heteroatoms. The van der Waals surface area contributed by atoms with E-state index in [4.69, 9.17) is 11.6 Å². The predicted molar refractivity (Wildman–Crippen MR) is 82.6 cm³/mol. The maximum Gasteiger partial charge on any atom is 0.252 e. The van der Waals surface area contributed by atoms with Crippen LogP contribution in [0, 0.1) is 17.7 Å². The second-order valence-corrected chi connectivity index (χ2v) is 6.37. The number of carbonyl (C=O) groups is 1. The smallest absolute Gasteiger partial charge is 0.252 e. The van der Waals surface area contributed by atoms with E-state index in [0.29, 0.717) is 29.8 Å². The second-order valence-electron chi connectivity index (χ2n) is 5.27. The Morgan fingerprint density at radius 3 is 2.75 bits per heavy atom. The summed E-state index contributed by atoms with van der Waals surface area (Å²) in [5, 5.41) is 2.91. The predicted octanol–water partition coefficient (Wildman–Crippen LogP) is 4.36. The summed E-state index contributed by atoms with van der Waals surface area (Å²) in [6, 6.07) is 4.48. The fourth-order valence-corrected chi connectivity index (χ4v) is 3.61. The van der Waals surface area contributed by atoms with E-state index in [1.165, 1.54) is 25.0 Å². The number of hydrogen-bond donors (Lipinski definition) is 1. The van der Waals surface area contributed by atoms with Gasteiger partial charge in [0.15, 0.2) is 0 Å². The highest BCUT2D eigenvalue weighted by molar-refractivity contribution is 9.10. The molecule has 0 radical (unpaired) electrons. The molecule has 2 unspecified atom stereocenters. The van der Waals surface area contributed by atoms with Crippen LogP contribution in [0.1, 0.15) is 36.0 Å². The standard InChI is InChI=1S/C15H18BrClFNO/c16-14-12(6-3-7-13(14)18)15(20)19-9-11-5-2-1-4-10(11)8-17/h3,6-7,10-11H,1-2,4-5,8-9H2,(H,19,20). The molecule has 2 atom stereocenters. The van der Waals surface area contributed by atoms with Gasteiger partial charge in [0.2, 0.25) is 0 Å². The largest absolute Gasteiger partial charge is 0.352 e. The molecule has 20 heavy (non-hydrogen) atoms. The van der Waals surface area contributed by atoms with E-state index < -0.39 is 5.82 Å². The number of benzene rings is 1. The molecule has 0 aliphatic heterocycles. The topological polar surface area (TPSA) is 29.1 Å². The van der Waals surface area contributed by atoms with Crippen LogP contribution in [0.3, 0.4) is 0 Å². The minimum atomic E-state index is -0.422. The van der Waals surface area contributed by atoms with Crippen LogP contribution in [-0.4, -0.2) is 18.3 Å². The summed E-state index contributed by atoms with van der Waals surface area (Å²) in [4.78, 5) is 12.1. The third kappa shape index (κ3) is 3.73. The van der Waals surface area contributed by atoms with E-state index in [0.717, 1.165) is 12.8 Å². The zero-order valence-electron chi connectivity index (χ0n) is 11.2. The number of carbonyl (C=O) groups excluding carboxylic acids is 1. The third-order valence-electron chi connectivity index (χ3n) is 3.99. The fourth-order valence-electron chi connectivity index (χ4n) is 2.75. The SMILES string of the molecule is O=C(NCC1CCCCC1CCl)c1cccc(F)c1Br. The van der Waals surface area contributed by atoms with Gasteiger partial charge in [0.05, 0.1) is 10.0 Å². The van der Waals surface area contributed by atoms with Gasteiger partial charge in [-0.1, -0.05) is 18.9 Å². The van der Waals surface area contributed by atoms with Crippen molar-refractivity contribution in [1.82, 2.24) is 5.32 Å². The monoisotopic (exact) mass is 361 g/mol. The summed E-state index contributed by atoms with van der Waals surface area (Å²) in [6.45, 7) is 0.610. The lowest BCUT2D eigenvalue weighted by molar-refractivity contribution is 0.0935. The molecule has 0 aromatic heterocycles. The highest BCUT2D eigenvalue weighted by Gasteiger charge is 2.25. The average molecular weight is 363 g/mol. The first-order valence-electron chi connectivity index (χ1n) is 6.91. The molecule has 0 heterocycles. The summed E-state index contributed by atoms with van der Waals surface area (Å²) in [6.07, 6.45) is 4.64. The van der Waals surface area contributed by atoms with Gasteiger partial charge in [0, 0.05) is 12.4 Å². The fraction of sp³-hybridized carbons (Fsp3) is 0.533. The van der Waals surface area contributed by atoms with Crippen molar-refractivity contribution in [3.05, 3.63) is 34.1 Å². The molecule has 110 valence electrons. The van der Waals surface area contributed by atoms with Crippen LogP contribution in [0.25, 0.3) is 0 Å². The number of nitrogens with one attached hydrogen (secondary N) is 1. The van der Waals surface area contributed by atoms with Crippen LogP contribution < -0.4 is 5.32 Å². The van der Waals surface area contributed by atoms with Crippen molar-refractivity contribution >= 4 is 33.4 Å². The summed E-state index contributed by atoms with van der Waals surface area (Å²) in [5.74, 6) is 0.882. The highest BCUT2D eigenvalue weighted by Crippen LogP contribution is 2.30. The van der Waals surface area contributed by atoms with Gasteiger partial charge in [-0.25, -0.2) is 4.39 Å². The third-order valence-corrected chi connectivity index (χ3v) is 5.19. The van der Waals surface area contributed by atoms with Crippen LogP contribution in [0.15, 0.2) is 22.7 Å². The molecule has 1 fully saturated rings. The first-order chi connectivity index (χ1) is 9.63. The van der Waals surface area contributed by atoms with Crippen LogP contribution in [-0.2, 0) is 0 Å². The van der Waals surface area contributed by atoms with Gasteiger partial charge in [-0.15, -0.1) is 11.6 Å². The lowest BCUT2D eigenvalue weighted by Crippen LogP contribution is -2.35. The molecule has 1 N–H and O–H groups in total. The van der Waals surface area contributed by atoms with E-state index in [-0.39, 0.29) is 10.4 Å². The second kappa shape index (κ2) is 7.41. The quantitative estimate of drug-likeness (QED) is 0.792. The minimum absolute atomic E-state index is 0.218. The van der Waals surface area contributed by atoms with Crippen LogP contribution >= 0.6 is 27.5 Å². The van der Waals surface area contributed by atoms with Crippen LogP contribution in [0.5, 0.6) is 0 Å². The van der Waals surface area contributed by atoms with E-state index in [2.05, 4.69) is 21.2 Å². The maximum atomic E-state index is 13.4. The van der Waals surface area contributed by atoms with Gasteiger partial charge >= 0.3 is 0 Å². The van der Waals surface area contributed by atoms with Gasteiger partial charge in [-0.3, -0.25) is 4.79 Å². The minimum Gasteiger partial charge on any atom is -0.352 e. The van der Waals surface area contributed by atoms with Crippen molar-refractivity contribution < 1.29 is 9.18 Å². The molecule has 1 amide bonds. The Balaban J connectivity index is 1.96. The van der Waals surface area contributed by atoms with Crippen LogP contribution in [0.4, 0.5) is 4.39 Å². The van der Waals surface area contributed by atoms with E-state index in [1.54, 1.807) is 6.07 Å². The van der Waals surface area contributed by atoms with Crippen molar-refractivity contribution in [2.75, 3.05) is 12.4 Å². The molecule has 1 aliphatic carbocycles. The van der Waals surface area contributed by atoms with E-state index in [1.807, 2.05) is 0 Å². The number of amides is 1. The Morgan fingerprint density at radius 1 is 1.35 bits per heavy atom. The Kier molecular flexibility index (Phi) is 5.85. The Bertz CT molecular complexity index is 483. The average Bonchev–Trinajstić information content (AvgIpc) is 2.48. The van der Waals surface area contributed by atoms with E-state index in [9.17, 15) is 9.18 Å². The van der Waals surface area contributed by atoms with Crippen molar-refractivity contribution in [3.8, 4) is 0 Å². The summed E-state index contributed by atoms with van der Waals surface area (Å²) in [7, 11) is 0. The van der Waals surface area contributed by atoms with Crippen LogP contribution in [0.2, 0.25) is 0 Å². The lowest BCUT2D eigenvalue weighted by atomic mass is 9.80. The molecule has 2 nitrogen and oxygen atoms in total. The zero-order valence-corrected chi connectivity index (χ0v) is 13.5. The molecular weight excluding hydrogens is 345 g/mol. The van der Waals surface area contributed by atoms with Gasteiger partial charge < -0.3 is 5.32 Å². The van der Waals surface area contributed by atoms with Gasteiger partial charge in [0.25, 0.3) is 5.91 Å². The Hall–Kier alpha value is -0.610. The first kappa shape index (κ1) is 15.8. The zero-order chi connectivity index (χ0) is 14.5. The maximum absolute atomic E-state index is 13.4. The molecule has 1 aromatic carbocycles. The normalized spacial score (nSPS) is 22.6. The van der Waals surface area contributed by atoms with Crippen molar-refractivity contribution in [2.45, 2.75) is 25.7 Å². The lowest BCUT2D eigenvalue weighted by Gasteiger charge is -2.30. The summed E-state index contributed by atoms with van der Waals surface area (Å²) >= 11 is 9.10. The molecular formula is C15H18BrClFNO. The highest BCUT2D eigenvalue weighted by atomic mass is 79.9. The molecule has 1 aromatic rings. The molecule has 0 spiro atoms. The van der Waals surface area contributed by atoms with Crippen molar-refractivity contribution in [2.24, 2.45) is 11.8 Å².